The van der Waals surface area contributed by atoms with Gasteiger partial charge in [-0.3, -0.25) is 4.79 Å². The Hall–Kier alpha value is -0.750. The molecule has 0 saturated carbocycles. The van der Waals surface area contributed by atoms with Gasteiger partial charge in [0.15, 0.2) is 6.10 Å². The fraction of sp³-hybridized carbons (Fsp3) is 0.818. The molecule has 2 rings (SSSR count). The summed E-state index contributed by atoms with van der Waals surface area (Å²) in [6, 6.07) is 0. The molecule has 2 unspecified atom stereocenters. The standard InChI is InChI=1S/C11H17NO4S/c1-15-11(14)8-7-12(4-5-16-8)10(13)9-3-2-6-17-9/h8-9H,2-7H2,1H3. The third-order valence-corrected chi connectivity index (χ3v) is 4.41. The molecule has 0 aliphatic carbocycles. The summed E-state index contributed by atoms with van der Waals surface area (Å²) in [6.45, 7) is 1.30. The second-order valence-corrected chi connectivity index (χ2v) is 5.48. The third-order valence-electron chi connectivity index (χ3n) is 3.05. The molecule has 0 spiro atoms. The summed E-state index contributed by atoms with van der Waals surface area (Å²) >= 11 is 1.71. The SMILES string of the molecule is COC(=O)C1CN(C(=O)C2CCCS2)CCO1. The molecule has 96 valence electrons. The van der Waals surface area contributed by atoms with Crippen LogP contribution in [-0.2, 0) is 19.1 Å². The van der Waals surface area contributed by atoms with Crippen LogP contribution in [0.1, 0.15) is 12.8 Å². The highest BCUT2D eigenvalue weighted by Crippen LogP contribution is 2.28. The summed E-state index contributed by atoms with van der Waals surface area (Å²) in [7, 11) is 1.33. The van der Waals surface area contributed by atoms with Crippen LogP contribution in [0.15, 0.2) is 0 Å². The summed E-state index contributed by atoms with van der Waals surface area (Å²) in [5.74, 6) is 0.799. The molecule has 17 heavy (non-hydrogen) atoms. The summed E-state index contributed by atoms with van der Waals surface area (Å²) in [6.07, 6.45) is 1.43. The minimum atomic E-state index is -0.621. The van der Waals surface area contributed by atoms with Crippen molar-refractivity contribution in [2.24, 2.45) is 0 Å². The van der Waals surface area contributed by atoms with E-state index in [9.17, 15) is 9.59 Å². The Bertz CT molecular complexity index is 304. The highest BCUT2D eigenvalue weighted by Gasteiger charge is 2.34. The van der Waals surface area contributed by atoms with Crippen molar-refractivity contribution in [2.75, 3.05) is 32.6 Å². The van der Waals surface area contributed by atoms with Crippen molar-refractivity contribution in [2.45, 2.75) is 24.2 Å². The second kappa shape index (κ2) is 5.73. The van der Waals surface area contributed by atoms with Crippen molar-refractivity contribution < 1.29 is 19.1 Å². The lowest BCUT2D eigenvalue weighted by Crippen LogP contribution is -2.50. The number of ether oxygens (including phenoxy) is 2. The third kappa shape index (κ3) is 2.93. The molecule has 2 heterocycles. The van der Waals surface area contributed by atoms with Crippen molar-refractivity contribution in [1.29, 1.82) is 0 Å². The van der Waals surface area contributed by atoms with Crippen LogP contribution in [0, 0.1) is 0 Å². The summed E-state index contributed by atoms with van der Waals surface area (Å²) < 4.78 is 9.93. The number of nitrogens with zero attached hydrogens (tertiary/aromatic N) is 1. The van der Waals surface area contributed by atoms with E-state index >= 15 is 0 Å². The van der Waals surface area contributed by atoms with Crippen LogP contribution in [0.25, 0.3) is 0 Å². The molecule has 2 atom stereocenters. The van der Waals surface area contributed by atoms with Crippen molar-refractivity contribution in [1.82, 2.24) is 4.90 Å². The molecule has 2 fully saturated rings. The molecule has 0 bridgehead atoms. The van der Waals surface area contributed by atoms with E-state index in [-0.39, 0.29) is 11.2 Å². The molecule has 2 aliphatic heterocycles. The smallest absolute Gasteiger partial charge is 0.336 e. The molecule has 5 nitrogen and oxygen atoms in total. The quantitative estimate of drug-likeness (QED) is 0.667. The molecule has 0 N–H and O–H groups in total. The highest BCUT2D eigenvalue weighted by molar-refractivity contribution is 8.00. The van der Waals surface area contributed by atoms with Gasteiger partial charge in [0, 0.05) is 6.54 Å². The predicted octanol–water partition coefficient (Wildman–Crippen LogP) is 0.282. The predicted molar refractivity (Wildman–Crippen MR) is 63.8 cm³/mol. The first kappa shape index (κ1) is 12.7. The Morgan fingerprint density at radius 1 is 1.47 bits per heavy atom. The van der Waals surface area contributed by atoms with Crippen LogP contribution in [0.5, 0.6) is 0 Å². The van der Waals surface area contributed by atoms with Gasteiger partial charge in [0.1, 0.15) is 0 Å². The van der Waals surface area contributed by atoms with Gasteiger partial charge in [0.2, 0.25) is 5.91 Å². The lowest BCUT2D eigenvalue weighted by Gasteiger charge is -2.32. The van der Waals surface area contributed by atoms with Crippen LogP contribution in [-0.4, -0.2) is 60.7 Å². The molecule has 6 heteroatoms. The maximum Gasteiger partial charge on any atom is 0.336 e. The largest absolute Gasteiger partial charge is 0.467 e. The lowest BCUT2D eigenvalue weighted by atomic mass is 10.2. The van der Waals surface area contributed by atoms with E-state index in [1.54, 1.807) is 16.7 Å². The van der Waals surface area contributed by atoms with Gasteiger partial charge in [-0.05, 0) is 18.6 Å². The zero-order valence-corrected chi connectivity index (χ0v) is 10.7. The van der Waals surface area contributed by atoms with E-state index in [2.05, 4.69) is 4.74 Å². The maximum atomic E-state index is 12.2. The number of esters is 1. The fourth-order valence-electron chi connectivity index (χ4n) is 2.10. The van der Waals surface area contributed by atoms with Crippen LogP contribution >= 0.6 is 11.8 Å². The van der Waals surface area contributed by atoms with Crippen molar-refractivity contribution in [3.05, 3.63) is 0 Å². The summed E-state index contributed by atoms with van der Waals surface area (Å²) in [5, 5.41) is 0.0754. The zero-order valence-electron chi connectivity index (χ0n) is 9.89. The molecule has 0 aromatic heterocycles. The van der Waals surface area contributed by atoms with Crippen LogP contribution in [0.3, 0.4) is 0 Å². The minimum absolute atomic E-state index is 0.0754. The Labute approximate surface area is 105 Å². The zero-order chi connectivity index (χ0) is 12.3. The van der Waals surface area contributed by atoms with E-state index < -0.39 is 12.1 Å². The Morgan fingerprint density at radius 3 is 2.94 bits per heavy atom. The van der Waals surface area contributed by atoms with Gasteiger partial charge in [-0.15, -0.1) is 11.8 Å². The number of hydrogen-bond acceptors (Lipinski definition) is 5. The minimum Gasteiger partial charge on any atom is -0.467 e. The number of methoxy groups -OCH3 is 1. The van der Waals surface area contributed by atoms with Crippen molar-refractivity contribution in [3.8, 4) is 0 Å². The maximum absolute atomic E-state index is 12.2. The van der Waals surface area contributed by atoms with E-state index in [4.69, 9.17) is 4.74 Å². The Morgan fingerprint density at radius 2 is 2.29 bits per heavy atom. The average molecular weight is 259 g/mol. The van der Waals surface area contributed by atoms with Crippen molar-refractivity contribution in [3.63, 3.8) is 0 Å². The fourth-order valence-corrected chi connectivity index (χ4v) is 3.34. The second-order valence-electron chi connectivity index (χ2n) is 4.17. The topological polar surface area (TPSA) is 55.8 Å². The van der Waals surface area contributed by atoms with Gasteiger partial charge in [-0.1, -0.05) is 0 Å². The monoisotopic (exact) mass is 259 g/mol. The lowest BCUT2D eigenvalue weighted by molar-refractivity contribution is -0.162. The van der Waals surface area contributed by atoms with Crippen LogP contribution < -0.4 is 0 Å². The number of carbonyl (C=O) groups is 2. The Kier molecular flexibility index (Phi) is 4.28. The number of thioether (sulfide) groups is 1. The molecule has 2 aliphatic rings. The summed E-state index contributed by atoms with van der Waals surface area (Å²) in [4.78, 5) is 25.3. The highest BCUT2D eigenvalue weighted by atomic mass is 32.2. The Balaban J connectivity index is 1.92. The molecular weight excluding hydrogens is 242 g/mol. The van der Waals surface area contributed by atoms with Gasteiger partial charge in [0.25, 0.3) is 0 Å². The van der Waals surface area contributed by atoms with E-state index in [0.717, 1.165) is 18.6 Å². The van der Waals surface area contributed by atoms with Crippen LogP contribution in [0.4, 0.5) is 0 Å². The number of rotatable bonds is 2. The van der Waals surface area contributed by atoms with Gasteiger partial charge in [-0.2, -0.15) is 0 Å². The molecular formula is C11H17NO4S. The number of hydrogen-bond donors (Lipinski definition) is 0. The van der Waals surface area contributed by atoms with E-state index in [0.29, 0.717) is 19.7 Å². The van der Waals surface area contributed by atoms with Gasteiger partial charge < -0.3 is 14.4 Å². The summed E-state index contributed by atoms with van der Waals surface area (Å²) in [5.41, 5.74) is 0. The van der Waals surface area contributed by atoms with Gasteiger partial charge >= 0.3 is 5.97 Å². The average Bonchev–Trinajstić information content (AvgIpc) is 2.91. The van der Waals surface area contributed by atoms with Gasteiger partial charge in [-0.25, -0.2) is 4.79 Å². The normalized spacial score (nSPS) is 29.1. The molecule has 1 amide bonds. The number of morpholine rings is 1. The number of carbonyl (C=O) groups excluding carboxylic acids is 2. The molecule has 0 aromatic rings. The van der Waals surface area contributed by atoms with E-state index in [1.165, 1.54) is 7.11 Å². The first-order valence-corrected chi connectivity index (χ1v) is 6.87. The molecule has 2 saturated heterocycles. The number of amides is 1. The van der Waals surface area contributed by atoms with Crippen LogP contribution in [0.2, 0.25) is 0 Å². The molecule has 0 aromatic carbocycles. The molecule has 0 radical (unpaired) electrons. The van der Waals surface area contributed by atoms with E-state index in [1.807, 2.05) is 0 Å². The van der Waals surface area contributed by atoms with Gasteiger partial charge in [0.05, 0.1) is 25.5 Å². The van der Waals surface area contributed by atoms with Crippen molar-refractivity contribution >= 4 is 23.6 Å². The first-order chi connectivity index (χ1) is 8.22. The first-order valence-electron chi connectivity index (χ1n) is 5.82.